The maximum Gasteiger partial charge on any atom is 0.345 e. The Kier molecular flexibility index (Phi) is 7.31. The standard InChI is InChI=1S/C15H18N6O6S/c1-8(23)18-13-10(19-20-15-17-6-12(28-15)21(25)26)3-4-11(14(13)27-2)16-5-9(24)7-22/h3-4,6,9,16,22,24H,5,7H2,1-2H3,(H,18,23). The lowest BCUT2D eigenvalue weighted by molar-refractivity contribution is -0.380. The summed E-state index contributed by atoms with van der Waals surface area (Å²) in [5, 5.41) is 42.4. The molecule has 12 nitrogen and oxygen atoms in total. The van der Waals surface area contributed by atoms with E-state index in [2.05, 4.69) is 25.8 Å². The monoisotopic (exact) mass is 410 g/mol. The largest absolute Gasteiger partial charge is 0.492 e. The fourth-order valence-electron chi connectivity index (χ4n) is 2.08. The second-order valence-corrected chi connectivity index (χ2v) is 6.36. The van der Waals surface area contributed by atoms with Crippen molar-refractivity contribution in [2.45, 2.75) is 13.0 Å². The van der Waals surface area contributed by atoms with Crippen LogP contribution < -0.4 is 15.4 Å². The van der Waals surface area contributed by atoms with Gasteiger partial charge < -0.3 is 25.6 Å². The fraction of sp³-hybridized carbons (Fsp3) is 0.333. The zero-order valence-corrected chi connectivity index (χ0v) is 15.8. The highest BCUT2D eigenvalue weighted by atomic mass is 32.1. The van der Waals surface area contributed by atoms with Crippen LogP contribution in [0.15, 0.2) is 28.6 Å². The van der Waals surface area contributed by atoms with E-state index in [9.17, 15) is 20.0 Å². The first kappa shape index (κ1) is 21.1. The molecule has 0 aliphatic heterocycles. The average Bonchev–Trinajstić information content (AvgIpc) is 3.14. The van der Waals surface area contributed by atoms with Gasteiger partial charge >= 0.3 is 5.00 Å². The van der Waals surface area contributed by atoms with E-state index in [-0.39, 0.29) is 39.7 Å². The second-order valence-electron chi connectivity index (χ2n) is 5.38. The first-order valence-electron chi connectivity index (χ1n) is 7.89. The first-order chi connectivity index (χ1) is 13.3. The number of aliphatic hydroxyl groups excluding tert-OH is 2. The molecular formula is C15H18N6O6S. The first-order valence-corrected chi connectivity index (χ1v) is 8.70. The van der Waals surface area contributed by atoms with E-state index in [1.165, 1.54) is 20.1 Å². The zero-order valence-electron chi connectivity index (χ0n) is 14.9. The van der Waals surface area contributed by atoms with Crippen LogP contribution >= 0.6 is 11.3 Å². The van der Waals surface area contributed by atoms with Gasteiger partial charge in [0.05, 0.1) is 30.4 Å². The lowest BCUT2D eigenvalue weighted by Gasteiger charge is -2.17. The molecule has 150 valence electrons. The number of rotatable bonds is 9. The van der Waals surface area contributed by atoms with Crippen molar-refractivity contribution < 1.29 is 24.7 Å². The summed E-state index contributed by atoms with van der Waals surface area (Å²) in [6.45, 7) is 0.941. The van der Waals surface area contributed by atoms with Crippen molar-refractivity contribution in [3.05, 3.63) is 28.4 Å². The highest BCUT2D eigenvalue weighted by Gasteiger charge is 2.17. The summed E-state index contributed by atoms with van der Waals surface area (Å²) in [5.74, 6) is -0.144. The van der Waals surface area contributed by atoms with Gasteiger partial charge in [0, 0.05) is 13.5 Å². The maximum absolute atomic E-state index is 11.6. The number of hydrogen-bond acceptors (Lipinski definition) is 11. The number of nitro groups is 1. The van der Waals surface area contributed by atoms with Gasteiger partial charge in [-0.2, -0.15) is 0 Å². The molecule has 0 radical (unpaired) electrons. The quantitative estimate of drug-likeness (QED) is 0.277. The Balaban J connectivity index is 2.37. The van der Waals surface area contributed by atoms with Gasteiger partial charge in [0.1, 0.15) is 17.6 Å². The summed E-state index contributed by atoms with van der Waals surface area (Å²) >= 11 is 0.754. The normalized spacial score (nSPS) is 12.0. The number of azo groups is 1. The van der Waals surface area contributed by atoms with E-state index in [0.717, 1.165) is 17.5 Å². The number of methoxy groups -OCH3 is 1. The summed E-state index contributed by atoms with van der Waals surface area (Å²) in [5.41, 5.74) is 0.897. The molecule has 28 heavy (non-hydrogen) atoms. The predicted molar refractivity (Wildman–Crippen MR) is 102 cm³/mol. The van der Waals surface area contributed by atoms with Gasteiger partial charge in [-0.25, -0.2) is 4.98 Å². The molecule has 0 spiro atoms. The SMILES string of the molecule is COc1c(NCC(O)CO)ccc(N=Nc2ncc([N+](=O)[O-])s2)c1NC(C)=O. The van der Waals surface area contributed by atoms with Gasteiger partial charge in [-0.1, -0.05) is 0 Å². The minimum absolute atomic E-state index is 0.0516. The van der Waals surface area contributed by atoms with Gasteiger partial charge in [0.15, 0.2) is 5.75 Å². The van der Waals surface area contributed by atoms with E-state index < -0.39 is 17.6 Å². The Morgan fingerprint density at radius 3 is 2.79 bits per heavy atom. The molecule has 13 heteroatoms. The van der Waals surface area contributed by atoms with Crippen molar-refractivity contribution in [1.29, 1.82) is 0 Å². The molecule has 1 unspecified atom stereocenters. The van der Waals surface area contributed by atoms with Crippen molar-refractivity contribution in [2.24, 2.45) is 10.2 Å². The van der Waals surface area contributed by atoms with Crippen LogP contribution in [-0.4, -0.2) is 52.4 Å². The Labute approximate surface area is 163 Å². The minimum Gasteiger partial charge on any atom is -0.492 e. The minimum atomic E-state index is -0.978. The van der Waals surface area contributed by atoms with Crippen LogP contribution in [0, 0.1) is 10.1 Å². The van der Waals surface area contributed by atoms with Crippen molar-refractivity contribution in [1.82, 2.24) is 4.98 Å². The third-order valence-electron chi connectivity index (χ3n) is 3.28. The van der Waals surface area contributed by atoms with Gasteiger partial charge in [-0.05, 0) is 23.5 Å². The number of nitrogens with zero attached hydrogens (tertiary/aromatic N) is 4. The number of benzene rings is 1. The number of thiazole rings is 1. The Morgan fingerprint density at radius 1 is 1.46 bits per heavy atom. The lowest BCUT2D eigenvalue weighted by atomic mass is 10.2. The molecule has 1 aromatic carbocycles. The zero-order chi connectivity index (χ0) is 20.7. The van der Waals surface area contributed by atoms with E-state index in [4.69, 9.17) is 9.84 Å². The topological polar surface area (TPSA) is 172 Å². The molecule has 1 atom stereocenters. The third kappa shape index (κ3) is 5.42. The molecular weight excluding hydrogens is 392 g/mol. The van der Waals surface area contributed by atoms with Crippen molar-refractivity contribution in [2.75, 3.05) is 30.9 Å². The molecule has 0 saturated carbocycles. The van der Waals surface area contributed by atoms with Gasteiger partial charge in [0.2, 0.25) is 11.0 Å². The summed E-state index contributed by atoms with van der Waals surface area (Å²) < 4.78 is 5.35. The summed E-state index contributed by atoms with van der Waals surface area (Å²) in [6, 6.07) is 3.12. The Morgan fingerprint density at radius 2 is 2.21 bits per heavy atom. The van der Waals surface area contributed by atoms with Crippen molar-refractivity contribution >= 4 is 44.4 Å². The molecule has 1 aromatic heterocycles. The molecule has 4 N–H and O–H groups in total. The van der Waals surface area contributed by atoms with Crippen LogP contribution in [0.3, 0.4) is 0 Å². The van der Waals surface area contributed by atoms with Gasteiger partial charge in [-0.15, -0.1) is 10.2 Å². The van der Waals surface area contributed by atoms with Crippen LogP contribution in [0.1, 0.15) is 6.92 Å². The van der Waals surface area contributed by atoms with Crippen LogP contribution in [0.25, 0.3) is 0 Å². The fourth-order valence-corrected chi connectivity index (χ4v) is 2.63. The molecule has 2 aromatic rings. The van der Waals surface area contributed by atoms with Crippen LogP contribution in [-0.2, 0) is 4.79 Å². The summed E-state index contributed by atoms with van der Waals surface area (Å²) in [4.78, 5) is 25.5. The Bertz CT molecular complexity index is 886. The van der Waals surface area contributed by atoms with Gasteiger partial charge in [0.25, 0.3) is 0 Å². The number of ether oxygens (including phenoxy) is 1. The number of carbonyl (C=O) groups is 1. The van der Waals surface area contributed by atoms with Crippen LogP contribution in [0.4, 0.5) is 27.2 Å². The molecule has 1 heterocycles. The number of aromatic nitrogens is 1. The number of amides is 1. The number of nitrogens with one attached hydrogen (secondary N) is 2. The van der Waals surface area contributed by atoms with E-state index in [1.807, 2.05) is 0 Å². The smallest absolute Gasteiger partial charge is 0.345 e. The van der Waals surface area contributed by atoms with Gasteiger partial charge in [-0.3, -0.25) is 14.9 Å². The molecule has 0 bridgehead atoms. The third-order valence-corrected chi connectivity index (χ3v) is 4.12. The highest BCUT2D eigenvalue weighted by molar-refractivity contribution is 7.18. The maximum atomic E-state index is 11.6. The van der Waals surface area contributed by atoms with Crippen molar-refractivity contribution in [3.8, 4) is 5.75 Å². The van der Waals surface area contributed by atoms with Crippen molar-refractivity contribution in [3.63, 3.8) is 0 Å². The molecule has 0 aliphatic carbocycles. The van der Waals surface area contributed by atoms with E-state index in [1.54, 1.807) is 6.07 Å². The number of carbonyl (C=O) groups excluding carboxylic acids is 1. The predicted octanol–water partition coefficient (Wildman–Crippen LogP) is 2.20. The molecule has 0 aliphatic rings. The highest BCUT2D eigenvalue weighted by Crippen LogP contribution is 2.42. The van der Waals surface area contributed by atoms with Crippen LogP contribution in [0.2, 0.25) is 0 Å². The van der Waals surface area contributed by atoms with E-state index >= 15 is 0 Å². The molecule has 2 rings (SSSR count). The summed E-state index contributed by atoms with van der Waals surface area (Å²) in [7, 11) is 1.39. The molecule has 1 amide bonds. The second kappa shape index (κ2) is 9.68. The van der Waals surface area contributed by atoms with Crippen LogP contribution in [0.5, 0.6) is 5.75 Å². The average molecular weight is 410 g/mol. The summed E-state index contributed by atoms with van der Waals surface area (Å²) in [6.07, 6.45) is 0.0994. The molecule has 0 fully saturated rings. The lowest BCUT2D eigenvalue weighted by Crippen LogP contribution is -2.23. The van der Waals surface area contributed by atoms with E-state index in [0.29, 0.717) is 5.69 Å². The number of anilines is 2. The number of aliphatic hydroxyl groups is 2. The Hall–Kier alpha value is -3.16. The molecule has 0 saturated heterocycles. The number of hydrogen-bond donors (Lipinski definition) is 4.